The Morgan fingerprint density at radius 2 is 1.92 bits per heavy atom. The van der Waals surface area contributed by atoms with Crippen LogP contribution in [0.25, 0.3) is 10.2 Å². The van der Waals surface area contributed by atoms with Crippen LogP contribution in [0.3, 0.4) is 0 Å². The summed E-state index contributed by atoms with van der Waals surface area (Å²) in [6.45, 7) is 6.45. The number of halogens is 1. The predicted molar refractivity (Wildman–Crippen MR) is 109 cm³/mol. The number of benzene rings is 2. The van der Waals surface area contributed by atoms with E-state index in [0.717, 1.165) is 25.8 Å². The first-order valence-corrected chi connectivity index (χ1v) is 9.82. The molecule has 1 aromatic heterocycles. The minimum atomic E-state index is -0.246. The van der Waals surface area contributed by atoms with Gasteiger partial charge in [0.05, 0.1) is 10.2 Å². The molecule has 0 unspecified atom stereocenters. The molecule has 0 saturated carbocycles. The highest BCUT2D eigenvalue weighted by molar-refractivity contribution is 9.10. The van der Waals surface area contributed by atoms with E-state index in [9.17, 15) is 9.59 Å². The zero-order chi connectivity index (χ0) is 18.8. The molecule has 3 aromatic rings. The fraction of sp³-hybridized carbons (Fsp3) is 0.263. The number of aromatic nitrogens is 1. The molecule has 0 radical (unpaired) electrons. The largest absolute Gasteiger partial charge is 0.484 e. The van der Waals surface area contributed by atoms with Crippen molar-refractivity contribution in [1.82, 2.24) is 4.57 Å². The van der Waals surface area contributed by atoms with Gasteiger partial charge in [0.15, 0.2) is 6.61 Å². The van der Waals surface area contributed by atoms with Gasteiger partial charge in [-0.25, -0.2) is 0 Å². The van der Waals surface area contributed by atoms with Gasteiger partial charge in [0, 0.05) is 16.7 Å². The first-order chi connectivity index (χ1) is 12.4. The topological polar surface area (TPSA) is 60.3 Å². The second-order valence-corrected chi connectivity index (χ2v) is 7.79. The molecule has 0 aliphatic carbocycles. The summed E-state index contributed by atoms with van der Waals surface area (Å²) in [5.74, 6) is 0.414. The van der Waals surface area contributed by atoms with E-state index in [2.05, 4.69) is 21.2 Å². The Balaban J connectivity index is 1.68. The van der Waals surface area contributed by atoms with Gasteiger partial charge < -0.3 is 10.1 Å². The lowest BCUT2D eigenvalue weighted by molar-refractivity contribution is -0.118. The molecule has 26 heavy (non-hydrogen) atoms. The van der Waals surface area contributed by atoms with Crippen LogP contribution in [0.2, 0.25) is 0 Å². The number of nitrogens with zero attached hydrogens (tertiary/aromatic N) is 1. The quantitative estimate of drug-likeness (QED) is 0.643. The van der Waals surface area contributed by atoms with E-state index in [-0.39, 0.29) is 17.4 Å². The number of ether oxygens (including phenoxy) is 1. The summed E-state index contributed by atoms with van der Waals surface area (Å²) >= 11 is 4.69. The average molecular weight is 435 g/mol. The Morgan fingerprint density at radius 3 is 2.58 bits per heavy atom. The number of aryl methyl sites for hydroxylation is 3. The molecular formula is C19H19BrN2O3S. The van der Waals surface area contributed by atoms with E-state index < -0.39 is 0 Å². The summed E-state index contributed by atoms with van der Waals surface area (Å²) in [6.07, 6.45) is 0. The van der Waals surface area contributed by atoms with Gasteiger partial charge in [0.25, 0.3) is 5.91 Å². The van der Waals surface area contributed by atoms with Gasteiger partial charge in [-0.2, -0.15) is 0 Å². The summed E-state index contributed by atoms with van der Waals surface area (Å²) in [6, 6.07) is 9.25. The lowest BCUT2D eigenvalue weighted by Gasteiger charge is -2.10. The third kappa shape index (κ3) is 3.83. The number of hydrogen-bond donors (Lipinski definition) is 1. The number of carbonyl (C=O) groups excluding carboxylic acids is 1. The number of amides is 1. The van der Waals surface area contributed by atoms with Crippen LogP contribution in [0.15, 0.2) is 39.6 Å². The van der Waals surface area contributed by atoms with Crippen molar-refractivity contribution >= 4 is 49.1 Å². The van der Waals surface area contributed by atoms with E-state index in [4.69, 9.17) is 4.74 Å². The molecule has 5 nitrogen and oxygen atoms in total. The van der Waals surface area contributed by atoms with Crippen molar-refractivity contribution in [3.63, 3.8) is 0 Å². The van der Waals surface area contributed by atoms with Gasteiger partial charge >= 0.3 is 4.87 Å². The molecule has 1 heterocycles. The Kier molecular flexibility index (Phi) is 5.48. The van der Waals surface area contributed by atoms with Crippen LogP contribution in [0.4, 0.5) is 5.69 Å². The van der Waals surface area contributed by atoms with E-state index in [0.29, 0.717) is 18.0 Å². The molecule has 1 N–H and O–H groups in total. The van der Waals surface area contributed by atoms with Gasteiger partial charge in [0.2, 0.25) is 0 Å². The van der Waals surface area contributed by atoms with Crippen molar-refractivity contribution in [3.05, 3.63) is 55.6 Å². The van der Waals surface area contributed by atoms with Crippen LogP contribution in [-0.4, -0.2) is 17.1 Å². The van der Waals surface area contributed by atoms with Crippen molar-refractivity contribution in [2.75, 3.05) is 11.9 Å². The molecule has 0 aliphatic rings. The highest BCUT2D eigenvalue weighted by atomic mass is 79.9. The molecule has 0 aliphatic heterocycles. The molecule has 3 rings (SSSR count). The van der Waals surface area contributed by atoms with Gasteiger partial charge in [0.1, 0.15) is 5.75 Å². The molecule has 0 spiro atoms. The first kappa shape index (κ1) is 18.7. The molecule has 2 aromatic carbocycles. The monoisotopic (exact) mass is 434 g/mol. The Labute approximate surface area is 163 Å². The van der Waals surface area contributed by atoms with Gasteiger partial charge in [-0.15, -0.1) is 0 Å². The van der Waals surface area contributed by atoms with E-state index in [1.807, 2.05) is 45.0 Å². The number of hydrogen-bond acceptors (Lipinski definition) is 4. The van der Waals surface area contributed by atoms with Crippen molar-refractivity contribution < 1.29 is 9.53 Å². The van der Waals surface area contributed by atoms with Crippen LogP contribution < -0.4 is 14.9 Å². The minimum Gasteiger partial charge on any atom is -0.484 e. The fourth-order valence-corrected chi connectivity index (χ4v) is 4.00. The predicted octanol–water partition coefficient (Wildman–Crippen LogP) is 4.48. The highest BCUT2D eigenvalue weighted by Gasteiger charge is 2.10. The van der Waals surface area contributed by atoms with Gasteiger partial charge in [-0.3, -0.25) is 14.2 Å². The molecule has 7 heteroatoms. The third-order valence-corrected chi connectivity index (χ3v) is 6.24. The lowest BCUT2D eigenvalue weighted by atomic mass is 10.1. The maximum atomic E-state index is 12.2. The number of anilines is 1. The summed E-state index contributed by atoms with van der Waals surface area (Å²) < 4.78 is 9.21. The fourth-order valence-electron chi connectivity index (χ4n) is 2.78. The number of rotatable bonds is 5. The minimum absolute atomic E-state index is 0.00953. The van der Waals surface area contributed by atoms with E-state index >= 15 is 0 Å². The van der Waals surface area contributed by atoms with Gasteiger partial charge in [-0.05, 0) is 62.2 Å². The van der Waals surface area contributed by atoms with Crippen molar-refractivity contribution in [2.24, 2.45) is 0 Å². The lowest BCUT2D eigenvalue weighted by Crippen LogP contribution is -2.20. The zero-order valence-corrected chi connectivity index (χ0v) is 17.2. The highest BCUT2D eigenvalue weighted by Crippen LogP contribution is 2.26. The second-order valence-electron chi connectivity index (χ2n) is 6.00. The SMILES string of the molecule is CCn1c(=O)sc2cc(NC(=O)COc3cc(C)c(Br)c(C)c3)ccc21. The van der Waals surface area contributed by atoms with Crippen molar-refractivity contribution in [2.45, 2.75) is 27.3 Å². The van der Waals surface area contributed by atoms with Crippen molar-refractivity contribution in [3.8, 4) is 5.75 Å². The van der Waals surface area contributed by atoms with Crippen LogP contribution in [0, 0.1) is 13.8 Å². The summed E-state index contributed by atoms with van der Waals surface area (Å²) in [5.41, 5.74) is 3.65. The van der Waals surface area contributed by atoms with Crippen LogP contribution in [0.5, 0.6) is 5.75 Å². The van der Waals surface area contributed by atoms with E-state index in [1.165, 1.54) is 11.3 Å². The molecule has 136 valence electrons. The number of fused-ring (bicyclic) bond motifs is 1. The van der Waals surface area contributed by atoms with Crippen LogP contribution in [0.1, 0.15) is 18.1 Å². The molecule has 0 bridgehead atoms. The number of thiazole rings is 1. The molecule has 0 atom stereocenters. The zero-order valence-electron chi connectivity index (χ0n) is 14.8. The molecule has 0 saturated heterocycles. The molecule has 1 amide bonds. The normalized spacial score (nSPS) is 10.9. The molecular weight excluding hydrogens is 416 g/mol. The van der Waals surface area contributed by atoms with Crippen LogP contribution in [-0.2, 0) is 11.3 Å². The molecule has 0 fully saturated rings. The van der Waals surface area contributed by atoms with E-state index in [1.54, 1.807) is 10.6 Å². The maximum Gasteiger partial charge on any atom is 0.308 e. The Morgan fingerprint density at radius 1 is 1.23 bits per heavy atom. The first-order valence-electron chi connectivity index (χ1n) is 8.22. The standard InChI is InChI=1S/C19H19BrN2O3S/c1-4-22-15-6-5-13(9-16(15)26-19(22)24)21-17(23)10-25-14-7-11(2)18(20)12(3)8-14/h5-9H,4,10H2,1-3H3,(H,21,23). The third-order valence-electron chi connectivity index (χ3n) is 4.05. The van der Waals surface area contributed by atoms with Crippen LogP contribution >= 0.6 is 27.3 Å². The maximum absolute atomic E-state index is 12.2. The smallest absolute Gasteiger partial charge is 0.308 e. The summed E-state index contributed by atoms with van der Waals surface area (Å²) in [5, 5.41) is 2.81. The summed E-state index contributed by atoms with van der Waals surface area (Å²) in [7, 11) is 0. The average Bonchev–Trinajstić information content (AvgIpc) is 2.91. The number of nitrogens with one attached hydrogen (secondary N) is 1. The Bertz CT molecular complexity index is 1020. The second kappa shape index (κ2) is 7.63. The van der Waals surface area contributed by atoms with Gasteiger partial charge in [-0.1, -0.05) is 27.3 Å². The number of carbonyl (C=O) groups is 1. The Hall–Kier alpha value is -2.12. The van der Waals surface area contributed by atoms with Crippen molar-refractivity contribution in [1.29, 1.82) is 0 Å². The summed E-state index contributed by atoms with van der Waals surface area (Å²) in [4.78, 5) is 24.1.